The van der Waals surface area contributed by atoms with Crippen molar-refractivity contribution in [3.8, 4) is 0 Å². The number of nitrogens with one attached hydrogen (secondary N) is 3. The fraction of sp³-hybridized carbons (Fsp3) is 0.229. The van der Waals surface area contributed by atoms with Gasteiger partial charge in [-0.1, -0.05) is 6.07 Å². The summed E-state index contributed by atoms with van der Waals surface area (Å²) in [5.74, 6) is -4.12. The van der Waals surface area contributed by atoms with Gasteiger partial charge >= 0.3 is 0 Å². The molecule has 0 saturated carbocycles. The van der Waals surface area contributed by atoms with E-state index in [1.54, 1.807) is 46.1 Å². The molecular formula is C35H33F4N3O6. The monoisotopic (exact) mass is 667 g/mol. The minimum absolute atomic E-state index is 0.0595. The molecule has 0 saturated heterocycles. The average Bonchev–Trinajstić information content (AvgIpc) is 3.85. The van der Waals surface area contributed by atoms with Gasteiger partial charge in [-0.05, 0) is 77.5 Å². The number of rotatable bonds is 9. The predicted octanol–water partition coefficient (Wildman–Crippen LogP) is 6.84. The van der Waals surface area contributed by atoms with Crippen molar-refractivity contribution in [1.29, 1.82) is 0 Å². The summed E-state index contributed by atoms with van der Waals surface area (Å²) in [5, 5.41) is 9.74. The molecule has 9 nitrogen and oxygen atoms in total. The lowest BCUT2D eigenvalue weighted by Gasteiger charge is -2.09. The second kappa shape index (κ2) is 15.7. The molecule has 252 valence electrons. The number of carbonyl (C=O) groups excluding carboxylic acids is 3. The Morgan fingerprint density at radius 3 is 1.81 bits per heavy atom. The van der Waals surface area contributed by atoms with E-state index in [1.165, 1.54) is 50.1 Å². The average molecular weight is 668 g/mol. The van der Waals surface area contributed by atoms with Crippen LogP contribution < -0.4 is 16.0 Å². The van der Waals surface area contributed by atoms with Crippen LogP contribution in [0, 0.1) is 23.3 Å². The van der Waals surface area contributed by atoms with Crippen molar-refractivity contribution in [3.63, 3.8) is 0 Å². The molecule has 0 spiro atoms. The summed E-state index contributed by atoms with van der Waals surface area (Å²) in [4.78, 5) is 35.1. The molecule has 0 fully saturated rings. The third-order valence-corrected chi connectivity index (χ3v) is 7.54. The third-order valence-electron chi connectivity index (χ3n) is 7.54. The predicted molar refractivity (Wildman–Crippen MR) is 172 cm³/mol. The van der Waals surface area contributed by atoms with Gasteiger partial charge in [0.15, 0.2) is 40.2 Å². The molecule has 0 aliphatic carbocycles. The van der Waals surface area contributed by atoms with E-state index in [-0.39, 0.29) is 40.4 Å². The zero-order valence-corrected chi connectivity index (χ0v) is 26.7. The Labute approximate surface area is 272 Å². The fourth-order valence-electron chi connectivity index (χ4n) is 4.63. The summed E-state index contributed by atoms with van der Waals surface area (Å²) < 4.78 is 69.8. The first kappa shape index (κ1) is 35.7. The number of fused-ring (bicyclic) bond motifs is 3. The Morgan fingerprint density at radius 2 is 1.19 bits per heavy atom. The maximum absolute atomic E-state index is 13.9. The highest BCUT2D eigenvalue weighted by molar-refractivity contribution is 6.03. The summed E-state index contributed by atoms with van der Waals surface area (Å²) in [6.45, 7) is 3.25. The van der Waals surface area contributed by atoms with E-state index >= 15 is 0 Å². The zero-order chi connectivity index (χ0) is 35.1. The fourth-order valence-corrected chi connectivity index (χ4v) is 4.63. The van der Waals surface area contributed by atoms with Gasteiger partial charge in [0, 0.05) is 16.2 Å². The van der Waals surface area contributed by atoms with E-state index in [0.717, 1.165) is 6.07 Å². The van der Waals surface area contributed by atoms with Gasteiger partial charge < -0.3 is 29.2 Å². The second-order valence-electron chi connectivity index (χ2n) is 10.6. The highest BCUT2D eigenvalue weighted by Gasteiger charge is 2.22. The summed E-state index contributed by atoms with van der Waals surface area (Å²) in [7, 11) is 4.84. The van der Waals surface area contributed by atoms with Gasteiger partial charge in [-0.15, -0.1) is 0 Å². The second-order valence-corrected chi connectivity index (χ2v) is 10.6. The van der Waals surface area contributed by atoms with Crippen LogP contribution in [0.15, 0.2) is 80.6 Å². The molecule has 2 atom stereocenters. The summed E-state index contributed by atoms with van der Waals surface area (Å²) in [5.41, 5.74) is 0.119. The number of hydrogen-bond acceptors (Lipinski definition) is 9. The number of carbonyl (C=O) groups is 3. The normalized spacial score (nSPS) is 12.3. The molecule has 0 aliphatic heterocycles. The molecule has 3 heterocycles. The van der Waals surface area contributed by atoms with E-state index in [2.05, 4.69) is 16.0 Å². The lowest BCUT2D eigenvalue weighted by Crippen LogP contribution is -2.31. The SMILES string of the molecule is CNC(C)C(=O)c1cc2occc2cc1F.CNC(C)C(=O)c1ccc2ccoc2c1F.CNCC(=O)c1c(F)cc2ccoc2c1F. The Morgan fingerprint density at radius 1 is 0.646 bits per heavy atom. The van der Waals surface area contributed by atoms with E-state index in [4.69, 9.17) is 13.3 Å². The molecule has 3 aromatic carbocycles. The van der Waals surface area contributed by atoms with Crippen LogP contribution in [0.1, 0.15) is 44.9 Å². The first-order valence-corrected chi connectivity index (χ1v) is 14.7. The van der Waals surface area contributed by atoms with Crippen LogP contribution in [0.5, 0.6) is 0 Å². The first-order chi connectivity index (χ1) is 22.9. The molecule has 3 aromatic heterocycles. The van der Waals surface area contributed by atoms with Crippen molar-refractivity contribution >= 4 is 50.3 Å². The molecule has 2 unspecified atom stereocenters. The number of hydrogen-bond donors (Lipinski definition) is 3. The number of ketones is 3. The lowest BCUT2D eigenvalue weighted by atomic mass is 10.0. The molecule has 6 aromatic rings. The Hall–Kier alpha value is -5.11. The molecule has 13 heteroatoms. The van der Waals surface area contributed by atoms with Crippen LogP contribution in [0.4, 0.5) is 17.6 Å². The van der Waals surface area contributed by atoms with Crippen molar-refractivity contribution in [1.82, 2.24) is 16.0 Å². The van der Waals surface area contributed by atoms with Gasteiger partial charge in [-0.25, -0.2) is 17.6 Å². The van der Waals surface area contributed by atoms with Crippen molar-refractivity contribution < 1.29 is 45.2 Å². The van der Waals surface area contributed by atoms with E-state index in [0.29, 0.717) is 21.7 Å². The number of likely N-dealkylation sites (N-methyl/N-ethyl adjacent to an activating group) is 3. The van der Waals surface area contributed by atoms with Gasteiger partial charge in [0.2, 0.25) is 0 Å². The Balaban J connectivity index is 0.000000163. The van der Waals surface area contributed by atoms with Gasteiger partial charge in [0.1, 0.15) is 17.2 Å². The third kappa shape index (κ3) is 7.54. The summed E-state index contributed by atoms with van der Waals surface area (Å²) in [6.07, 6.45) is 4.13. The van der Waals surface area contributed by atoms with Crippen LogP contribution in [-0.2, 0) is 0 Å². The number of furan rings is 3. The summed E-state index contributed by atoms with van der Waals surface area (Å²) >= 11 is 0. The summed E-state index contributed by atoms with van der Waals surface area (Å²) in [6, 6.07) is 10.9. The lowest BCUT2D eigenvalue weighted by molar-refractivity contribution is 0.0943. The van der Waals surface area contributed by atoms with Crippen molar-refractivity contribution in [3.05, 3.63) is 107 Å². The molecule has 48 heavy (non-hydrogen) atoms. The van der Waals surface area contributed by atoms with Crippen molar-refractivity contribution in [2.45, 2.75) is 25.9 Å². The number of halogens is 4. The Kier molecular flexibility index (Phi) is 11.7. The minimum atomic E-state index is -0.944. The highest BCUT2D eigenvalue weighted by atomic mass is 19.1. The maximum atomic E-state index is 13.9. The molecule has 0 bridgehead atoms. The van der Waals surface area contributed by atoms with E-state index < -0.39 is 46.7 Å². The van der Waals surface area contributed by atoms with E-state index in [1.807, 2.05) is 0 Å². The molecule has 0 radical (unpaired) electrons. The first-order valence-electron chi connectivity index (χ1n) is 14.7. The minimum Gasteiger partial charge on any atom is -0.464 e. The number of Topliss-reactive ketones (excluding diaryl/α,β-unsaturated/α-hetero) is 3. The maximum Gasteiger partial charge on any atom is 0.182 e. The molecule has 6 rings (SSSR count). The quantitative estimate of drug-likeness (QED) is 0.112. The topological polar surface area (TPSA) is 127 Å². The largest absolute Gasteiger partial charge is 0.464 e. The van der Waals surface area contributed by atoms with Crippen LogP contribution in [0.25, 0.3) is 32.9 Å². The van der Waals surface area contributed by atoms with Crippen LogP contribution in [0.2, 0.25) is 0 Å². The van der Waals surface area contributed by atoms with Crippen molar-refractivity contribution in [2.24, 2.45) is 0 Å². The van der Waals surface area contributed by atoms with Crippen LogP contribution in [-0.4, -0.2) is 57.1 Å². The van der Waals surface area contributed by atoms with Gasteiger partial charge in [0.25, 0.3) is 0 Å². The van der Waals surface area contributed by atoms with Crippen LogP contribution in [0.3, 0.4) is 0 Å². The molecular weight excluding hydrogens is 634 g/mol. The highest BCUT2D eigenvalue weighted by Crippen LogP contribution is 2.26. The molecule has 0 amide bonds. The molecule has 3 N–H and O–H groups in total. The van der Waals surface area contributed by atoms with Gasteiger partial charge in [0.05, 0.1) is 54.1 Å². The number of benzene rings is 3. The van der Waals surface area contributed by atoms with Gasteiger partial charge in [-0.2, -0.15) is 0 Å². The molecule has 0 aliphatic rings. The zero-order valence-electron chi connectivity index (χ0n) is 26.7. The van der Waals surface area contributed by atoms with Crippen molar-refractivity contribution in [2.75, 3.05) is 27.7 Å². The van der Waals surface area contributed by atoms with E-state index in [9.17, 15) is 31.9 Å². The standard InChI is InChI=1S/2C12H12FNO2.C11H9F2NO2/c1-7(14-2)12(15)9-6-11-8(3-4-16-11)5-10(9)13;1-7(14-2)11(15)9-4-3-8-5-6-16-12(8)10(9)13;1-14-5-8(15)9-7(12)4-6-2-3-16-11(6)10(9)13/h2*3-7,14H,1-2H3;2-4,14H,5H2,1H3. The van der Waals surface area contributed by atoms with Crippen LogP contribution >= 0.6 is 0 Å². The smallest absolute Gasteiger partial charge is 0.182 e. The van der Waals surface area contributed by atoms with Gasteiger partial charge in [-0.3, -0.25) is 14.4 Å². The Bertz CT molecular complexity index is 2060.